The molecule has 1 aromatic rings. The summed E-state index contributed by atoms with van der Waals surface area (Å²) < 4.78 is 5.22. The van der Waals surface area contributed by atoms with Crippen LogP contribution in [0.5, 0.6) is 0 Å². The van der Waals surface area contributed by atoms with Crippen LogP contribution >= 0.6 is 0 Å². The Kier molecular flexibility index (Phi) is 3.08. The van der Waals surface area contributed by atoms with E-state index in [0.717, 1.165) is 0 Å². The topological polar surface area (TPSA) is 59.4 Å². The number of hydrogen-bond donors (Lipinski definition) is 2. The first-order valence-corrected chi connectivity index (χ1v) is 3.84. The molecule has 0 saturated carbocycles. The summed E-state index contributed by atoms with van der Waals surface area (Å²) in [5.74, 6) is 1.24. The maximum atomic E-state index is 8.71. The number of hydrogen-bond acceptors (Lipinski definition) is 3. The Bertz CT molecular complexity index is 255. The fraction of sp³-hybridized carbons (Fsp3) is 0.333. The Morgan fingerprint density at radius 1 is 1.67 bits per heavy atom. The second-order valence-corrected chi connectivity index (χ2v) is 2.59. The normalized spacial score (nSPS) is 12.8. The molecule has 0 saturated heterocycles. The van der Waals surface area contributed by atoms with Gasteiger partial charge in [0.25, 0.3) is 0 Å². The highest BCUT2D eigenvalue weighted by Crippen LogP contribution is 2.17. The largest absolute Gasteiger partial charge is 0.462 e. The molecule has 0 spiro atoms. The summed E-state index contributed by atoms with van der Waals surface area (Å²) in [7, 11) is 0. The molecular formula is C9H13NO2. The van der Waals surface area contributed by atoms with Gasteiger partial charge in [-0.15, -0.1) is 6.58 Å². The van der Waals surface area contributed by atoms with Crippen molar-refractivity contribution < 1.29 is 9.52 Å². The zero-order valence-corrected chi connectivity index (χ0v) is 6.86. The number of aliphatic hydroxyl groups excluding tert-OH is 1. The molecule has 0 aliphatic heterocycles. The first kappa shape index (κ1) is 9.03. The van der Waals surface area contributed by atoms with E-state index in [1.54, 1.807) is 18.2 Å². The second kappa shape index (κ2) is 4.09. The van der Waals surface area contributed by atoms with Crippen molar-refractivity contribution in [3.05, 3.63) is 36.3 Å². The van der Waals surface area contributed by atoms with E-state index < -0.39 is 0 Å². The predicted molar refractivity (Wildman–Crippen MR) is 46.4 cm³/mol. The van der Waals surface area contributed by atoms with Gasteiger partial charge in [0, 0.05) is 0 Å². The number of furan rings is 1. The average molecular weight is 167 g/mol. The van der Waals surface area contributed by atoms with Crippen LogP contribution in [0.3, 0.4) is 0 Å². The van der Waals surface area contributed by atoms with Gasteiger partial charge in [-0.2, -0.15) is 0 Å². The first-order chi connectivity index (χ1) is 5.77. The molecule has 1 atom stereocenters. The van der Waals surface area contributed by atoms with Gasteiger partial charge >= 0.3 is 0 Å². The Morgan fingerprint density at radius 3 is 2.92 bits per heavy atom. The van der Waals surface area contributed by atoms with Crippen molar-refractivity contribution in [3.63, 3.8) is 0 Å². The van der Waals surface area contributed by atoms with E-state index in [0.29, 0.717) is 17.9 Å². The maximum absolute atomic E-state index is 8.71. The van der Waals surface area contributed by atoms with Crippen LogP contribution in [0.25, 0.3) is 0 Å². The van der Waals surface area contributed by atoms with Gasteiger partial charge in [0.15, 0.2) is 0 Å². The van der Waals surface area contributed by atoms with Crippen LogP contribution in [0, 0.1) is 0 Å². The Labute approximate surface area is 71.5 Å². The highest BCUT2D eigenvalue weighted by Gasteiger charge is 2.08. The van der Waals surface area contributed by atoms with Crippen LogP contribution in [0.15, 0.2) is 29.2 Å². The molecule has 12 heavy (non-hydrogen) atoms. The van der Waals surface area contributed by atoms with E-state index >= 15 is 0 Å². The molecule has 1 aromatic heterocycles. The zero-order chi connectivity index (χ0) is 8.97. The molecule has 1 heterocycles. The van der Waals surface area contributed by atoms with E-state index in [-0.39, 0.29) is 12.6 Å². The lowest BCUT2D eigenvalue weighted by Gasteiger charge is -2.03. The van der Waals surface area contributed by atoms with E-state index in [9.17, 15) is 0 Å². The standard InChI is InChI=1S/C9H13NO2/c1-2-3-8(10)9-5-4-7(6-11)12-9/h2,4-5,8,11H,1,3,6,10H2/t8-/m0/s1. The smallest absolute Gasteiger partial charge is 0.129 e. The number of nitrogens with two attached hydrogens (primary N) is 1. The second-order valence-electron chi connectivity index (χ2n) is 2.59. The monoisotopic (exact) mass is 167 g/mol. The third-order valence-corrected chi connectivity index (χ3v) is 1.62. The highest BCUT2D eigenvalue weighted by molar-refractivity contribution is 5.10. The molecule has 1 rings (SSSR count). The molecule has 0 aliphatic rings. The van der Waals surface area contributed by atoms with Crippen molar-refractivity contribution in [2.45, 2.75) is 19.1 Å². The van der Waals surface area contributed by atoms with Gasteiger partial charge in [0.2, 0.25) is 0 Å². The molecular weight excluding hydrogens is 154 g/mol. The molecule has 3 nitrogen and oxygen atoms in total. The summed E-state index contributed by atoms with van der Waals surface area (Å²) in [5, 5.41) is 8.71. The molecule has 3 N–H and O–H groups in total. The first-order valence-electron chi connectivity index (χ1n) is 3.84. The number of rotatable bonds is 4. The maximum Gasteiger partial charge on any atom is 0.129 e. The van der Waals surface area contributed by atoms with Crippen LogP contribution in [0.2, 0.25) is 0 Å². The summed E-state index contributed by atoms with van der Waals surface area (Å²) >= 11 is 0. The third-order valence-electron chi connectivity index (χ3n) is 1.62. The van der Waals surface area contributed by atoms with Gasteiger partial charge in [-0.25, -0.2) is 0 Å². The molecule has 0 amide bonds. The zero-order valence-electron chi connectivity index (χ0n) is 6.86. The fourth-order valence-electron chi connectivity index (χ4n) is 0.974. The average Bonchev–Trinajstić information content (AvgIpc) is 2.52. The van der Waals surface area contributed by atoms with Gasteiger partial charge in [0.1, 0.15) is 18.1 Å². The van der Waals surface area contributed by atoms with Crippen molar-refractivity contribution in [1.82, 2.24) is 0 Å². The molecule has 66 valence electrons. The van der Waals surface area contributed by atoms with E-state index in [1.807, 2.05) is 0 Å². The van der Waals surface area contributed by atoms with Crippen molar-refractivity contribution >= 4 is 0 Å². The highest BCUT2D eigenvalue weighted by atomic mass is 16.4. The molecule has 0 radical (unpaired) electrons. The summed E-state index contributed by atoms with van der Waals surface area (Å²) in [4.78, 5) is 0. The minimum Gasteiger partial charge on any atom is -0.462 e. The molecule has 0 bridgehead atoms. The lowest BCUT2D eigenvalue weighted by Crippen LogP contribution is -2.07. The van der Waals surface area contributed by atoms with Crippen molar-refractivity contribution in [3.8, 4) is 0 Å². The van der Waals surface area contributed by atoms with Crippen LogP contribution in [-0.2, 0) is 6.61 Å². The van der Waals surface area contributed by atoms with Crippen LogP contribution in [0.1, 0.15) is 24.0 Å². The molecule has 0 aliphatic carbocycles. The van der Waals surface area contributed by atoms with E-state index in [4.69, 9.17) is 15.3 Å². The molecule has 0 fully saturated rings. The van der Waals surface area contributed by atoms with E-state index in [2.05, 4.69) is 6.58 Å². The van der Waals surface area contributed by atoms with Gasteiger partial charge in [0.05, 0.1) is 6.04 Å². The van der Waals surface area contributed by atoms with Gasteiger partial charge in [-0.3, -0.25) is 0 Å². The van der Waals surface area contributed by atoms with Gasteiger partial charge in [-0.1, -0.05) is 6.08 Å². The lowest BCUT2D eigenvalue weighted by molar-refractivity contribution is 0.241. The van der Waals surface area contributed by atoms with Crippen molar-refractivity contribution in [2.75, 3.05) is 0 Å². The minimum atomic E-state index is -0.150. The Morgan fingerprint density at radius 2 is 2.42 bits per heavy atom. The lowest BCUT2D eigenvalue weighted by atomic mass is 10.2. The van der Waals surface area contributed by atoms with E-state index in [1.165, 1.54) is 0 Å². The Balaban J connectivity index is 2.67. The molecule has 0 aromatic carbocycles. The van der Waals surface area contributed by atoms with Crippen molar-refractivity contribution in [1.29, 1.82) is 0 Å². The summed E-state index contributed by atoms with van der Waals surface area (Å²) in [5.41, 5.74) is 5.73. The van der Waals surface area contributed by atoms with Crippen LogP contribution < -0.4 is 5.73 Å². The quantitative estimate of drug-likeness (QED) is 0.665. The van der Waals surface area contributed by atoms with Crippen molar-refractivity contribution in [2.24, 2.45) is 5.73 Å². The van der Waals surface area contributed by atoms with Gasteiger partial charge < -0.3 is 15.3 Å². The SMILES string of the molecule is C=CC[C@H](N)c1ccc(CO)o1. The summed E-state index contributed by atoms with van der Waals surface area (Å²) in [6, 6.07) is 3.35. The predicted octanol–water partition coefficient (Wildman–Crippen LogP) is 1.35. The van der Waals surface area contributed by atoms with Crippen LogP contribution in [-0.4, -0.2) is 5.11 Å². The number of aliphatic hydroxyl groups is 1. The molecule has 0 unspecified atom stereocenters. The van der Waals surface area contributed by atoms with Gasteiger partial charge in [-0.05, 0) is 18.6 Å². The third kappa shape index (κ3) is 1.96. The fourth-order valence-corrected chi connectivity index (χ4v) is 0.974. The van der Waals surface area contributed by atoms with Crippen LogP contribution in [0.4, 0.5) is 0 Å². The summed E-state index contributed by atoms with van der Waals surface area (Å²) in [6.45, 7) is 3.50. The Hall–Kier alpha value is -1.06. The molecule has 3 heteroatoms. The minimum absolute atomic E-state index is 0.0825. The summed E-state index contributed by atoms with van der Waals surface area (Å²) in [6.07, 6.45) is 2.42.